The van der Waals surface area contributed by atoms with Gasteiger partial charge >= 0.3 is 0 Å². The van der Waals surface area contributed by atoms with Crippen LogP contribution in [-0.4, -0.2) is 5.66 Å². The van der Waals surface area contributed by atoms with Crippen LogP contribution in [0.15, 0.2) is 60.7 Å². The highest BCUT2D eigenvalue weighted by molar-refractivity contribution is 7.79. The fourth-order valence-electron chi connectivity index (χ4n) is 3.50. The second kappa shape index (κ2) is 5.58. The average Bonchev–Trinajstić information content (AvgIpc) is 2.95. The quantitative estimate of drug-likeness (QED) is 0.772. The van der Waals surface area contributed by atoms with E-state index in [0.717, 1.165) is 17.0 Å². The van der Waals surface area contributed by atoms with Crippen LogP contribution in [-0.2, 0) is 4.57 Å². The van der Waals surface area contributed by atoms with Crippen LogP contribution in [0.3, 0.4) is 0 Å². The van der Waals surface area contributed by atoms with Crippen molar-refractivity contribution in [3.8, 4) is 0 Å². The molecule has 0 spiro atoms. The first-order valence-corrected chi connectivity index (χ1v) is 9.21. The molecule has 0 N–H and O–H groups in total. The molecule has 2 aromatic rings. The SMILES string of the molecule is CC1CCCC1P(=O)(c1ccccc1)c1ccccc1. The van der Waals surface area contributed by atoms with Gasteiger partial charge in [-0.3, -0.25) is 0 Å². The predicted molar refractivity (Wildman–Crippen MR) is 86.6 cm³/mol. The third kappa shape index (κ3) is 2.25. The summed E-state index contributed by atoms with van der Waals surface area (Å²) >= 11 is 0. The van der Waals surface area contributed by atoms with E-state index in [1.165, 1.54) is 12.8 Å². The zero-order chi connectivity index (χ0) is 14.0. The van der Waals surface area contributed by atoms with Gasteiger partial charge in [0.15, 0.2) is 0 Å². The molecule has 0 amide bonds. The third-order valence-corrected chi connectivity index (χ3v) is 8.39. The maximum atomic E-state index is 14.0. The summed E-state index contributed by atoms with van der Waals surface area (Å²) in [7, 11) is -2.53. The first kappa shape index (κ1) is 13.6. The molecule has 20 heavy (non-hydrogen) atoms. The summed E-state index contributed by atoms with van der Waals surface area (Å²) in [6, 6.07) is 20.2. The summed E-state index contributed by atoms with van der Waals surface area (Å²) in [6.07, 6.45) is 3.49. The minimum Gasteiger partial charge on any atom is -0.313 e. The zero-order valence-electron chi connectivity index (χ0n) is 11.9. The Morgan fingerprint density at radius 2 is 1.35 bits per heavy atom. The monoisotopic (exact) mass is 284 g/mol. The maximum Gasteiger partial charge on any atom is 0.146 e. The molecule has 2 aromatic carbocycles. The highest BCUT2D eigenvalue weighted by atomic mass is 31.2. The fourth-order valence-corrected chi connectivity index (χ4v) is 7.20. The summed E-state index contributed by atoms with van der Waals surface area (Å²) in [5.74, 6) is 0.543. The van der Waals surface area contributed by atoms with Crippen molar-refractivity contribution in [2.75, 3.05) is 0 Å². The zero-order valence-corrected chi connectivity index (χ0v) is 12.8. The van der Waals surface area contributed by atoms with Gasteiger partial charge in [0.2, 0.25) is 0 Å². The van der Waals surface area contributed by atoms with E-state index in [2.05, 4.69) is 6.92 Å². The smallest absolute Gasteiger partial charge is 0.146 e. The normalized spacial score (nSPS) is 22.9. The van der Waals surface area contributed by atoms with Gasteiger partial charge in [0.05, 0.1) is 0 Å². The van der Waals surface area contributed by atoms with Gasteiger partial charge in [-0.2, -0.15) is 0 Å². The Bertz CT molecular complexity index is 562. The highest BCUT2D eigenvalue weighted by Crippen LogP contribution is 2.56. The molecule has 2 unspecified atom stereocenters. The van der Waals surface area contributed by atoms with Gasteiger partial charge < -0.3 is 4.57 Å². The van der Waals surface area contributed by atoms with Crippen molar-refractivity contribution >= 4 is 17.8 Å². The van der Waals surface area contributed by atoms with Gasteiger partial charge in [-0.1, -0.05) is 74.0 Å². The first-order valence-electron chi connectivity index (χ1n) is 7.44. The van der Waals surface area contributed by atoms with Crippen molar-refractivity contribution in [3.63, 3.8) is 0 Å². The van der Waals surface area contributed by atoms with Crippen LogP contribution in [0.2, 0.25) is 0 Å². The van der Waals surface area contributed by atoms with Gasteiger partial charge in [0.1, 0.15) is 7.14 Å². The van der Waals surface area contributed by atoms with E-state index in [1.54, 1.807) is 0 Å². The molecular formula is C18H21OP. The van der Waals surface area contributed by atoms with Gasteiger partial charge in [0, 0.05) is 16.3 Å². The summed E-state index contributed by atoms with van der Waals surface area (Å²) in [6.45, 7) is 2.26. The van der Waals surface area contributed by atoms with Crippen LogP contribution >= 0.6 is 7.14 Å². The van der Waals surface area contributed by atoms with Gasteiger partial charge in [-0.25, -0.2) is 0 Å². The maximum absolute atomic E-state index is 14.0. The van der Waals surface area contributed by atoms with Crippen molar-refractivity contribution in [2.24, 2.45) is 5.92 Å². The Balaban J connectivity index is 2.16. The lowest BCUT2D eigenvalue weighted by Gasteiger charge is -2.28. The Morgan fingerprint density at radius 1 is 0.850 bits per heavy atom. The lowest BCUT2D eigenvalue weighted by atomic mass is 10.1. The number of rotatable bonds is 3. The first-order chi connectivity index (χ1) is 9.73. The molecule has 1 fully saturated rings. The summed E-state index contributed by atoms with van der Waals surface area (Å²) in [5, 5.41) is 2.04. The molecule has 1 nitrogen and oxygen atoms in total. The second-order valence-corrected chi connectivity index (χ2v) is 8.82. The van der Waals surface area contributed by atoms with E-state index in [0.29, 0.717) is 11.6 Å². The number of benzene rings is 2. The van der Waals surface area contributed by atoms with Crippen molar-refractivity contribution in [1.82, 2.24) is 0 Å². The topological polar surface area (TPSA) is 17.1 Å². The van der Waals surface area contributed by atoms with Crippen LogP contribution in [0.1, 0.15) is 26.2 Å². The molecule has 2 atom stereocenters. The molecule has 0 saturated heterocycles. The van der Waals surface area contributed by atoms with E-state index in [-0.39, 0.29) is 0 Å². The van der Waals surface area contributed by atoms with E-state index >= 15 is 0 Å². The molecule has 1 aliphatic rings. The molecule has 3 rings (SSSR count). The second-order valence-electron chi connectivity index (χ2n) is 5.80. The van der Waals surface area contributed by atoms with Crippen molar-refractivity contribution in [1.29, 1.82) is 0 Å². The van der Waals surface area contributed by atoms with Crippen LogP contribution in [0.25, 0.3) is 0 Å². The van der Waals surface area contributed by atoms with E-state index < -0.39 is 7.14 Å². The summed E-state index contributed by atoms with van der Waals surface area (Å²) in [5.41, 5.74) is 0.298. The Labute approximate surface area is 121 Å². The Morgan fingerprint density at radius 3 is 1.75 bits per heavy atom. The van der Waals surface area contributed by atoms with Gasteiger partial charge in [0.25, 0.3) is 0 Å². The third-order valence-electron chi connectivity index (χ3n) is 4.56. The molecule has 2 heteroatoms. The van der Waals surface area contributed by atoms with Gasteiger partial charge in [-0.15, -0.1) is 0 Å². The van der Waals surface area contributed by atoms with Crippen molar-refractivity contribution in [3.05, 3.63) is 60.7 Å². The molecule has 0 aromatic heterocycles. The number of hydrogen-bond donors (Lipinski definition) is 0. The lowest BCUT2D eigenvalue weighted by Crippen LogP contribution is -2.27. The van der Waals surface area contributed by atoms with Crippen molar-refractivity contribution < 1.29 is 4.57 Å². The molecule has 1 aliphatic carbocycles. The average molecular weight is 284 g/mol. The molecule has 0 aliphatic heterocycles. The molecule has 0 bridgehead atoms. The molecular weight excluding hydrogens is 263 g/mol. The molecule has 104 valence electrons. The van der Waals surface area contributed by atoms with Gasteiger partial charge in [-0.05, 0) is 18.8 Å². The Hall–Kier alpha value is -1.33. The van der Waals surface area contributed by atoms with Crippen LogP contribution in [0.5, 0.6) is 0 Å². The van der Waals surface area contributed by atoms with Crippen LogP contribution < -0.4 is 10.6 Å². The van der Waals surface area contributed by atoms with E-state index in [1.807, 2.05) is 60.7 Å². The van der Waals surface area contributed by atoms with E-state index in [9.17, 15) is 4.57 Å². The predicted octanol–water partition coefficient (Wildman–Crippen LogP) is 4.19. The molecule has 0 heterocycles. The molecule has 1 saturated carbocycles. The summed E-state index contributed by atoms with van der Waals surface area (Å²) < 4.78 is 14.0. The van der Waals surface area contributed by atoms with Crippen LogP contribution in [0, 0.1) is 5.92 Å². The fraction of sp³-hybridized carbons (Fsp3) is 0.333. The standard InChI is InChI=1S/C18H21OP/c1-15-9-8-14-18(15)20(19,16-10-4-2-5-11-16)17-12-6-3-7-13-17/h2-7,10-13,15,18H,8-9,14H2,1H3. The lowest BCUT2D eigenvalue weighted by molar-refractivity contribution is 0.551. The Kier molecular flexibility index (Phi) is 3.81. The summed E-state index contributed by atoms with van der Waals surface area (Å²) in [4.78, 5) is 0. The highest BCUT2D eigenvalue weighted by Gasteiger charge is 2.41. The minimum atomic E-state index is -2.53. The minimum absolute atomic E-state index is 0.298. The largest absolute Gasteiger partial charge is 0.313 e. The van der Waals surface area contributed by atoms with E-state index in [4.69, 9.17) is 0 Å². The molecule has 0 radical (unpaired) electrons. The van der Waals surface area contributed by atoms with Crippen LogP contribution in [0.4, 0.5) is 0 Å². The number of hydrogen-bond acceptors (Lipinski definition) is 1. The van der Waals surface area contributed by atoms with Crippen molar-refractivity contribution in [2.45, 2.75) is 31.8 Å².